The van der Waals surface area contributed by atoms with Gasteiger partial charge >= 0.3 is 0 Å². The first kappa shape index (κ1) is 8.52. The molecule has 0 saturated heterocycles. The van der Waals surface area contributed by atoms with Crippen LogP contribution in [0.5, 0.6) is 0 Å². The topological polar surface area (TPSA) is 9.23 Å². The average molecular weight is 174 g/mol. The van der Waals surface area contributed by atoms with Gasteiger partial charge in [-0.05, 0) is 18.4 Å². The molecular weight excluding hydrogens is 160 g/mol. The largest absolute Gasteiger partial charge is 0.369 e. The maximum Gasteiger partial charge on any atom is 0.101 e. The van der Waals surface area contributed by atoms with Gasteiger partial charge in [0.2, 0.25) is 0 Å². The van der Waals surface area contributed by atoms with E-state index in [0.29, 0.717) is 0 Å². The van der Waals surface area contributed by atoms with E-state index in [4.69, 9.17) is 4.74 Å². The van der Waals surface area contributed by atoms with Crippen LogP contribution in [0.2, 0.25) is 0 Å². The van der Waals surface area contributed by atoms with E-state index in [0.717, 1.165) is 19.4 Å². The highest BCUT2D eigenvalue weighted by Crippen LogP contribution is 2.21. The average Bonchev–Trinajstić information content (AvgIpc) is 2.47. The lowest BCUT2D eigenvalue weighted by Crippen LogP contribution is -2.00. The lowest BCUT2D eigenvalue weighted by Gasteiger charge is -2.11. The molecule has 1 heteroatoms. The second-order valence-electron chi connectivity index (χ2n) is 3.27. The fourth-order valence-electron chi connectivity index (χ4n) is 1.54. The van der Waals surface area contributed by atoms with Crippen LogP contribution in [0.25, 0.3) is 0 Å². The van der Waals surface area contributed by atoms with Crippen LogP contribution in [0, 0.1) is 0 Å². The van der Waals surface area contributed by atoms with Crippen molar-refractivity contribution in [2.75, 3.05) is 6.61 Å². The lowest BCUT2D eigenvalue weighted by atomic mass is 10.1. The van der Waals surface area contributed by atoms with Crippen molar-refractivity contribution in [2.24, 2.45) is 0 Å². The van der Waals surface area contributed by atoms with Crippen molar-refractivity contribution in [3.8, 4) is 0 Å². The van der Waals surface area contributed by atoms with Crippen LogP contribution in [-0.2, 0) is 4.74 Å². The van der Waals surface area contributed by atoms with Gasteiger partial charge in [0.15, 0.2) is 0 Å². The highest BCUT2D eigenvalue weighted by Gasteiger charge is 2.08. The highest BCUT2D eigenvalue weighted by molar-refractivity contribution is 5.21. The van der Waals surface area contributed by atoms with Crippen LogP contribution < -0.4 is 0 Å². The fourth-order valence-corrected chi connectivity index (χ4v) is 1.54. The van der Waals surface area contributed by atoms with E-state index < -0.39 is 0 Å². The summed E-state index contributed by atoms with van der Waals surface area (Å²) in [6, 6.07) is 10.4. The summed E-state index contributed by atoms with van der Waals surface area (Å²) in [5.41, 5.74) is 1.25. The van der Waals surface area contributed by atoms with Gasteiger partial charge in [0.05, 0.1) is 0 Å². The summed E-state index contributed by atoms with van der Waals surface area (Å²) in [6.07, 6.45) is 6.82. The van der Waals surface area contributed by atoms with E-state index in [2.05, 4.69) is 36.4 Å². The van der Waals surface area contributed by atoms with Crippen molar-refractivity contribution in [3.05, 3.63) is 48.0 Å². The van der Waals surface area contributed by atoms with Crippen molar-refractivity contribution in [1.29, 1.82) is 0 Å². The van der Waals surface area contributed by atoms with Crippen LogP contribution in [0.3, 0.4) is 0 Å². The number of hydrogen-bond acceptors (Lipinski definition) is 1. The smallest absolute Gasteiger partial charge is 0.101 e. The second-order valence-corrected chi connectivity index (χ2v) is 3.27. The third-order valence-electron chi connectivity index (χ3n) is 2.25. The van der Waals surface area contributed by atoms with E-state index in [-0.39, 0.29) is 6.10 Å². The molecule has 1 aromatic carbocycles. The zero-order valence-corrected chi connectivity index (χ0v) is 7.65. The molecule has 0 bridgehead atoms. The lowest BCUT2D eigenvalue weighted by molar-refractivity contribution is 0.0883. The van der Waals surface area contributed by atoms with Crippen LogP contribution in [0.4, 0.5) is 0 Å². The third-order valence-corrected chi connectivity index (χ3v) is 2.25. The van der Waals surface area contributed by atoms with E-state index in [1.165, 1.54) is 5.56 Å². The van der Waals surface area contributed by atoms with Crippen molar-refractivity contribution >= 4 is 0 Å². The summed E-state index contributed by atoms with van der Waals surface area (Å²) < 4.78 is 5.70. The molecule has 13 heavy (non-hydrogen) atoms. The van der Waals surface area contributed by atoms with Gasteiger partial charge in [-0.25, -0.2) is 0 Å². The first-order chi connectivity index (χ1) is 6.47. The Morgan fingerprint density at radius 2 is 2.00 bits per heavy atom. The normalized spacial score (nSPS) is 22.6. The predicted molar refractivity (Wildman–Crippen MR) is 53.5 cm³/mol. The van der Waals surface area contributed by atoms with Gasteiger partial charge < -0.3 is 4.74 Å². The summed E-state index contributed by atoms with van der Waals surface area (Å²) in [6.45, 7) is 0.868. The zero-order valence-electron chi connectivity index (χ0n) is 7.65. The molecule has 1 aromatic rings. The Bertz CT molecular complexity index is 276. The molecule has 0 saturated carbocycles. The Balaban J connectivity index is 2.15. The van der Waals surface area contributed by atoms with Crippen LogP contribution in [0.1, 0.15) is 24.5 Å². The molecule has 0 aromatic heterocycles. The molecule has 0 spiro atoms. The molecule has 0 N–H and O–H groups in total. The molecule has 1 atom stereocenters. The number of allylic oxidation sites excluding steroid dienone is 1. The van der Waals surface area contributed by atoms with Gasteiger partial charge in [-0.15, -0.1) is 0 Å². The van der Waals surface area contributed by atoms with Crippen molar-refractivity contribution in [3.63, 3.8) is 0 Å². The molecule has 68 valence electrons. The highest BCUT2D eigenvalue weighted by atomic mass is 16.5. The molecule has 1 unspecified atom stereocenters. The van der Waals surface area contributed by atoms with E-state index in [1.54, 1.807) is 0 Å². The maximum atomic E-state index is 5.70. The SMILES string of the molecule is C1=CC(c2ccccc2)OCCC1. The van der Waals surface area contributed by atoms with E-state index >= 15 is 0 Å². The van der Waals surface area contributed by atoms with Gasteiger partial charge in [0, 0.05) is 6.61 Å². The van der Waals surface area contributed by atoms with Gasteiger partial charge in [-0.2, -0.15) is 0 Å². The van der Waals surface area contributed by atoms with Gasteiger partial charge in [0.1, 0.15) is 6.10 Å². The van der Waals surface area contributed by atoms with E-state index in [1.807, 2.05) is 6.07 Å². The Morgan fingerprint density at radius 1 is 1.15 bits per heavy atom. The predicted octanol–water partition coefficient (Wildman–Crippen LogP) is 3.09. The molecule has 0 fully saturated rings. The monoisotopic (exact) mass is 174 g/mol. The molecule has 0 amide bonds. The quantitative estimate of drug-likeness (QED) is 0.594. The first-order valence-corrected chi connectivity index (χ1v) is 4.80. The summed E-state index contributed by atoms with van der Waals surface area (Å²) in [7, 11) is 0. The van der Waals surface area contributed by atoms with Crippen LogP contribution in [0.15, 0.2) is 42.5 Å². The Hall–Kier alpha value is -1.08. The summed E-state index contributed by atoms with van der Waals surface area (Å²) >= 11 is 0. The first-order valence-electron chi connectivity index (χ1n) is 4.80. The summed E-state index contributed by atoms with van der Waals surface area (Å²) in [4.78, 5) is 0. The molecule has 1 aliphatic heterocycles. The van der Waals surface area contributed by atoms with Gasteiger partial charge in [-0.3, -0.25) is 0 Å². The molecule has 1 nitrogen and oxygen atoms in total. The minimum atomic E-state index is 0.170. The fraction of sp³-hybridized carbons (Fsp3) is 0.333. The molecule has 2 rings (SSSR count). The van der Waals surface area contributed by atoms with Crippen LogP contribution >= 0.6 is 0 Å². The molecule has 0 aliphatic carbocycles. The van der Waals surface area contributed by atoms with E-state index in [9.17, 15) is 0 Å². The zero-order chi connectivity index (χ0) is 8.93. The molecule has 0 radical (unpaired) electrons. The molecule has 1 heterocycles. The minimum absolute atomic E-state index is 0.170. The number of benzene rings is 1. The van der Waals surface area contributed by atoms with Crippen LogP contribution in [-0.4, -0.2) is 6.61 Å². The molecule has 1 aliphatic rings. The van der Waals surface area contributed by atoms with Crippen molar-refractivity contribution in [2.45, 2.75) is 18.9 Å². The number of hydrogen-bond donors (Lipinski definition) is 0. The Morgan fingerprint density at radius 3 is 2.85 bits per heavy atom. The summed E-state index contributed by atoms with van der Waals surface area (Å²) in [5, 5.41) is 0. The number of ether oxygens (including phenoxy) is 1. The maximum absolute atomic E-state index is 5.70. The number of rotatable bonds is 1. The standard InChI is InChI=1S/C12H14O/c1-3-7-11(8-4-1)12-9-5-2-6-10-13-12/h1,3-5,7-9,12H,2,6,10H2. The summed E-state index contributed by atoms with van der Waals surface area (Å²) in [5.74, 6) is 0. The molecular formula is C12H14O. The second kappa shape index (κ2) is 4.24. The Labute approximate surface area is 79.0 Å². The third kappa shape index (κ3) is 2.19. The van der Waals surface area contributed by atoms with Crippen molar-refractivity contribution < 1.29 is 4.74 Å². The van der Waals surface area contributed by atoms with Gasteiger partial charge in [-0.1, -0.05) is 42.5 Å². The minimum Gasteiger partial charge on any atom is -0.369 e. The Kier molecular flexibility index (Phi) is 2.78. The van der Waals surface area contributed by atoms with Gasteiger partial charge in [0.25, 0.3) is 0 Å². The van der Waals surface area contributed by atoms with Crippen molar-refractivity contribution in [1.82, 2.24) is 0 Å².